The number of fused-ring (bicyclic) bond motifs is 1. The summed E-state index contributed by atoms with van der Waals surface area (Å²) >= 11 is 0. The van der Waals surface area contributed by atoms with Crippen LogP contribution in [0.4, 0.5) is 13.2 Å². The topological polar surface area (TPSA) is 87.8 Å². The van der Waals surface area contributed by atoms with E-state index in [4.69, 9.17) is 19.7 Å². The molecule has 1 aromatic carbocycles. The van der Waals surface area contributed by atoms with Gasteiger partial charge in [0.25, 0.3) is 6.47 Å². The molecule has 0 radical (unpaired) electrons. The number of benzene rings is 1. The molecule has 0 spiro atoms. The molecule has 3 atom stereocenters. The molecule has 2 aromatic rings. The van der Waals surface area contributed by atoms with E-state index in [1.54, 1.807) is 18.3 Å². The maximum Gasteiger partial charge on any atom is 0.393 e. The summed E-state index contributed by atoms with van der Waals surface area (Å²) in [5.41, 5.74) is 1.06. The van der Waals surface area contributed by atoms with Crippen LogP contribution in [0, 0.1) is 0 Å². The zero-order chi connectivity index (χ0) is 22.4. The lowest BCUT2D eigenvalue weighted by atomic mass is 10.1. The Hall–Kier alpha value is -2.43. The molecule has 2 N–H and O–H groups in total. The fourth-order valence-electron chi connectivity index (χ4n) is 4.27. The molecule has 0 saturated carbocycles. The molecule has 2 aliphatic heterocycles. The fourth-order valence-corrected chi connectivity index (χ4v) is 4.27. The molecule has 10 heteroatoms. The second-order valence-corrected chi connectivity index (χ2v) is 7.72. The molecule has 31 heavy (non-hydrogen) atoms. The molecule has 2 aliphatic rings. The Morgan fingerprint density at radius 1 is 1.19 bits per heavy atom. The van der Waals surface area contributed by atoms with E-state index in [0.29, 0.717) is 19.1 Å². The van der Waals surface area contributed by atoms with E-state index in [1.165, 1.54) is 12.1 Å². The third kappa shape index (κ3) is 6.05. The van der Waals surface area contributed by atoms with Crippen molar-refractivity contribution in [2.45, 2.75) is 43.6 Å². The summed E-state index contributed by atoms with van der Waals surface area (Å²) < 4.78 is 45.7. The minimum Gasteiger partial charge on any atom is -0.483 e. The number of hydrogen-bond acceptors (Lipinski definition) is 5. The Labute approximate surface area is 178 Å². The van der Waals surface area contributed by atoms with Gasteiger partial charge in [-0.1, -0.05) is 24.3 Å². The van der Waals surface area contributed by atoms with Crippen LogP contribution in [0.1, 0.15) is 24.4 Å². The summed E-state index contributed by atoms with van der Waals surface area (Å²) in [6.07, 6.45) is 0.217. The van der Waals surface area contributed by atoms with Crippen LogP contribution >= 0.6 is 0 Å². The van der Waals surface area contributed by atoms with Crippen LogP contribution in [0.25, 0.3) is 11.4 Å². The van der Waals surface area contributed by atoms with Crippen LogP contribution < -0.4 is 0 Å². The van der Waals surface area contributed by atoms with Crippen LogP contribution in [0.5, 0.6) is 0 Å². The van der Waals surface area contributed by atoms with E-state index in [0.717, 1.165) is 30.9 Å². The molecule has 0 bridgehead atoms. The number of carboxylic acid groups (broad SMARTS) is 1. The average Bonchev–Trinajstić information content (AvgIpc) is 3.34. The Bertz CT molecular complexity index is 841. The van der Waals surface area contributed by atoms with Crippen LogP contribution in [-0.4, -0.2) is 75.8 Å². The highest BCUT2D eigenvalue weighted by atomic mass is 19.4. The molecule has 7 nitrogen and oxygen atoms in total. The number of aromatic nitrogens is 2. The van der Waals surface area contributed by atoms with Gasteiger partial charge in [0.15, 0.2) is 0 Å². The van der Waals surface area contributed by atoms with Gasteiger partial charge in [-0.25, -0.2) is 4.98 Å². The number of rotatable bonds is 5. The normalized spacial score (nSPS) is 23.7. The first-order valence-corrected chi connectivity index (χ1v) is 10.1. The lowest BCUT2D eigenvalue weighted by Crippen LogP contribution is -2.46. The van der Waals surface area contributed by atoms with E-state index >= 15 is 0 Å². The SMILES string of the molecule is O=CO.OCC[C@H]1CN2C[C@H](n3ccnc3-c3ccc(CC(F)(F)F)cc3)C[C@H]2CO1. The maximum absolute atomic E-state index is 12.6. The summed E-state index contributed by atoms with van der Waals surface area (Å²) in [6, 6.07) is 7.06. The van der Waals surface area contributed by atoms with Gasteiger partial charge in [-0.05, 0) is 18.4 Å². The molecule has 4 rings (SSSR count). The third-order valence-electron chi connectivity index (χ3n) is 5.60. The van der Waals surface area contributed by atoms with Gasteiger partial charge in [-0.3, -0.25) is 9.69 Å². The maximum atomic E-state index is 12.6. The number of nitrogens with zero attached hydrogens (tertiary/aromatic N) is 3. The molecule has 0 aliphatic carbocycles. The molecule has 0 amide bonds. The zero-order valence-corrected chi connectivity index (χ0v) is 16.9. The number of alkyl halides is 3. The lowest BCUT2D eigenvalue weighted by Gasteiger charge is -2.34. The first-order valence-electron chi connectivity index (χ1n) is 10.1. The van der Waals surface area contributed by atoms with Gasteiger partial charge in [-0.2, -0.15) is 13.2 Å². The largest absolute Gasteiger partial charge is 0.483 e. The molecule has 2 fully saturated rings. The Balaban J connectivity index is 0.000000858. The summed E-state index contributed by atoms with van der Waals surface area (Å²) in [5.74, 6) is 0.774. The number of morpholine rings is 1. The van der Waals surface area contributed by atoms with E-state index in [-0.39, 0.29) is 30.8 Å². The Morgan fingerprint density at radius 3 is 2.55 bits per heavy atom. The molecular formula is C21H26F3N3O4. The highest BCUT2D eigenvalue weighted by molar-refractivity contribution is 5.56. The molecule has 2 saturated heterocycles. The molecule has 0 unspecified atom stereocenters. The van der Waals surface area contributed by atoms with Crippen LogP contribution in [0.3, 0.4) is 0 Å². The number of aliphatic hydroxyl groups is 1. The van der Waals surface area contributed by atoms with Crippen LogP contribution in [0.15, 0.2) is 36.7 Å². The van der Waals surface area contributed by atoms with Crippen molar-refractivity contribution in [2.75, 3.05) is 26.3 Å². The second-order valence-electron chi connectivity index (χ2n) is 7.72. The fraction of sp³-hybridized carbons (Fsp3) is 0.524. The molecular weight excluding hydrogens is 415 g/mol. The van der Waals surface area contributed by atoms with E-state index in [2.05, 4.69) is 14.5 Å². The van der Waals surface area contributed by atoms with Crippen molar-refractivity contribution in [1.29, 1.82) is 0 Å². The van der Waals surface area contributed by atoms with Crippen molar-refractivity contribution < 1.29 is 32.9 Å². The number of imidazole rings is 1. The van der Waals surface area contributed by atoms with Crippen molar-refractivity contribution in [3.8, 4) is 11.4 Å². The third-order valence-corrected chi connectivity index (χ3v) is 5.60. The van der Waals surface area contributed by atoms with Crippen molar-refractivity contribution in [3.05, 3.63) is 42.2 Å². The van der Waals surface area contributed by atoms with Crippen molar-refractivity contribution in [2.24, 2.45) is 0 Å². The first kappa shape index (κ1) is 23.2. The van der Waals surface area contributed by atoms with Gasteiger partial charge in [0.05, 0.1) is 19.1 Å². The van der Waals surface area contributed by atoms with Crippen molar-refractivity contribution in [3.63, 3.8) is 0 Å². The van der Waals surface area contributed by atoms with E-state index < -0.39 is 12.6 Å². The Kier molecular flexibility index (Phi) is 7.69. The van der Waals surface area contributed by atoms with Gasteiger partial charge in [0, 0.05) is 49.7 Å². The summed E-state index contributed by atoms with van der Waals surface area (Å²) in [4.78, 5) is 15.2. The predicted molar refractivity (Wildman–Crippen MR) is 107 cm³/mol. The number of ether oxygens (including phenoxy) is 1. The van der Waals surface area contributed by atoms with Crippen molar-refractivity contribution >= 4 is 6.47 Å². The summed E-state index contributed by atoms with van der Waals surface area (Å²) in [5, 5.41) is 16.0. The van der Waals surface area contributed by atoms with Crippen LogP contribution in [0.2, 0.25) is 0 Å². The van der Waals surface area contributed by atoms with Crippen molar-refractivity contribution in [1.82, 2.24) is 14.5 Å². The monoisotopic (exact) mass is 441 g/mol. The van der Waals surface area contributed by atoms with Gasteiger partial charge in [-0.15, -0.1) is 0 Å². The van der Waals surface area contributed by atoms with Gasteiger partial charge in [0.2, 0.25) is 0 Å². The number of aliphatic hydroxyl groups excluding tert-OH is 1. The average molecular weight is 441 g/mol. The number of hydrogen-bond donors (Lipinski definition) is 2. The van der Waals surface area contributed by atoms with E-state index in [1.807, 2.05) is 6.20 Å². The lowest BCUT2D eigenvalue weighted by molar-refractivity contribution is -0.127. The minimum atomic E-state index is -4.20. The minimum absolute atomic E-state index is 0.0726. The highest BCUT2D eigenvalue weighted by Gasteiger charge is 2.38. The highest BCUT2D eigenvalue weighted by Crippen LogP contribution is 2.34. The summed E-state index contributed by atoms with van der Waals surface area (Å²) in [6.45, 7) is 2.24. The number of carbonyl (C=O) groups is 1. The van der Waals surface area contributed by atoms with Gasteiger partial charge in [0.1, 0.15) is 5.82 Å². The summed E-state index contributed by atoms with van der Waals surface area (Å²) in [7, 11) is 0. The quantitative estimate of drug-likeness (QED) is 0.694. The molecule has 1 aromatic heterocycles. The smallest absolute Gasteiger partial charge is 0.393 e. The van der Waals surface area contributed by atoms with E-state index in [9.17, 15) is 13.2 Å². The Morgan fingerprint density at radius 2 is 1.90 bits per heavy atom. The zero-order valence-electron chi connectivity index (χ0n) is 16.9. The first-order chi connectivity index (χ1) is 14.8. The van der Waals surface area contributed by atoms with Crippen LogP contribution in [-0.2, 0) is 16.0 Å². The predicted octanol–water partition coefficient (Wildman–Crippen LogP) is 2.75. The van der Waals surface area contributed by atoms with Gasteiger partial charge >= 0.3 is 6.18 Å². The second kappa shape index (κ2) is 10.3. The van der Waals surface area contributed by atoms with Gasteiger partial charge < -0.3 is 19.5 Å². The standard InChI is InChI=1S/C20H24F3N3O2.CH2O2/c21-20(22,23)10-14-1-3-15(4-2-14)19-24-6-7-26(19)16-9-17-13-28-18(5-8-27)12-25(17)11-16;2-1-3/h1-4,6-7,16-18,27H,5,8-13H2;1H,(H,2,3)/t16-,17+,18+;/m1./s1. The number of halogens is 3. The molecule has 3 heterocycles. The molecule has 170 valence electrons.